The summed E-state index contributed by atoms with van der Waals surface area (Å²) in [5.41, 5.74) is 2.78. The molecule has 4 aromatic rings. The van der Waals surface area contributed by atoms with Gasteiger partial charge in [-0.3, -0.25) is 0 Å². The molecule has 0 aliphatic carbocycles. The van der Waals surface area contributed by atoms with Crippen LogP contribution in [0.25, 0.3) is 22.4 Å². The van der Waals surface area contributed by atoms with E-state index >= 15 is 0 Å². The summed E-state index contributed by atoms with van der Waals surface area (Å²) in [6, 6.07) is 16.3. The van der Waals surface area contributed by atoms with Crippen LogP contribution in [0.2, 0.25) is 0 Å². The Balaban J connectivity index is 1.51. The van der Waals surface area contributed by atoms with Gasteiger partial charge in [-0.05, 0) is 18.2 Å². The Bertz CT molecular complexity index is 1210. The van der Waals surface area contributed by atoms with Crippen molar-refractivity contribution in [2.75, 3.05) is 14.1 Å². The van der Waals surface area contributed by atoms with Crippen LogP contribution in [0.3, 0.4) is 0 Å². The molecule has 9 heteroatoms. The first-order valence-corrected chi connectivity index (χ1v) is 10.8. The molecule has 0 aliphatic heterocycles. The average Bonchev–Trinajstić information content (AvgIpc) is 3.33. The number of rotatable bonds is 6. The normalized spacial score (nSPS) is 12.1. The lowest BCUT2D eigenvalue weighted by Gasteiger charge is -2.10. The molecule has 0 saturated carbocycles. The van der Waals surface area contributed by atoms with Crippen LogP contribution in [0.5, 0.6) is 0 Å². The summed E-state index contributed by atoms with van der Waals surface area (Å²) in [4.78, 5) is 4.56. The molecular weight excluding hydrogens is 398 g/mol. The highest BCUT2D eigenvalue weighted by Gasteiger charge is 2.19. The average molecular weight is 415 g/mol. The Kier molecular flexibility index (Phi) is 4.96. The molecule has 0 atom stereocenters. The van der Waals surface area contributed by atoms with Crippen molar-refractivity contribution in [3.8, 4) is 11.3 Å². The van der Waals surface area contributed by atoms with Crippen LogP contribution < -0.4 is 0 Å². The fraction of sp³-hybridized carbons (Fsp3) is 0.158. The first kappa shape index (κ1) is 18.7. The zero-order chi connectivity index (χ0) is 19.7. The van der Waals surface area contributed by atoms with Crippen LogP contribution in [-0.4, -0.2) is 37.0 Å². The van der Waals surface area contributed by atoms with E-state index in [1.165, 1.54) is 38.0 Å². The van der Waals surface area contributed by atoms with E-state index in [0.717, 1.165) is 15.6 Å². The molecule has 2 heterocycles. The summed E-state index contributed by atoms with van der Waals surface area (Å²) in [5.74, 6) is 1.19. The third-order valence-electron chi connectivity index (χ3n) is 4.08. The number of oxazole rings is 1. The van der Waals surface area contributed by atoms with Crippen LogP contribution in [0.15, 0.2) is 73.7 Å². The molecule has 0 aliphatic rings. The van der Waals surface area contributed by atoms with Crippen molar-refractivity contribution in [2.24, 2.45) is 0 Å². The molecule has 4 rings (SSSR count). The second-order valence-corrected chi connectivity index (χ2v) is 9.31. The zero-order valence-corrected chi connectivity index (χ0v) is 16.8. The lowest BCUT2D eigenvalue weighted by molar-refractivity contribution is 0.396. The SMILES string of the molecule is CN(C)S(=O)(=O)c1ccc2oc(SCc3cc(-c4ccccc4)no3)nc2c1. The Morgan fingerprint density at radius 3 is 2.61 bits per heavy atom. The van der Waals surface area contributed by atoms with Crippen LogP contribution in [0, 0.1) is 0 Å². The highest BCUT2D eigenvalue weighted by Crippen LogP contribution is 2.29. The maximum absolute atomic E-state index is 12.3. The number of aromatic nitrogens is 2. The molecular formula is C19H17N3O4S2. The Hall–Kier alpha value is -2.62. The highest BCUT2D eigenvalue weighted by atomic mass is 32.2. The molecule has 0 radical (unpaired) electrons. The van der Waals surface area contributed by atoms with Crippen LogP contribution in [0.4, 0.5) is 0 Å². The third-order valence-corrected chi connectivity index (χ3v) is 6.75. The Morgan fingerprint density at radius 2 is 1.86 bits per heavy atom. The lowest BCUT2D eigenvalue weighted by Crippen LogP contribution is -2.22. The molecule has 0 saturated heterocycles. The van der Waals surface area contributed by atoms with Gasteiger partial charge in [0.2, 0.25) is 10.0 Å². The van der Waals surface area contributed by atoms with E-state index in [9.17, 15) is 8.42 Å². The lowest BCUT2D eigenvalue weighted by atomic mass is 10.1. The standard InChI is InChI=1S/C19H17N3O4S2/c1-22(2)28(23,24)15-8-9-18-17(11-15)20-19(25-18)27-12-14-10-16(21-26-14)13-6-4-3-5-7-13/h3-11H,12H2,1-2H3. The van der Waals surface area contributed by atoms with Gasteiger partial charge >= 0.3 is 0 Å². The molecule has 0 fully saturated rings. The first-order chi connectivity index (χ1) is 13.4. The van der Waals surface area contributed by atoms with Crippen molar-refractivity contribution in [2.45, 2.75) is 15.9 Å². The number of hydrogen-bond acceptors (Lipinski definition) is 7. The van der Waals surface area contributed by atoms with Gasteiger partial charge in [0, 0.05) is 25.7 Å². The number of sulfonamides is 1. The number of hydrogen-bond donors (Lipinski definition) is 0. The summed E-state index contributed by atoms with van der Waals surface area (Å²) in [6.07, 6.45) is 0. The van der Waals surface area contributed by atoms with Gasteiger partial charge in [-0.2, -0.15) is 0 Å². The fourth-order valence-electron chi connectivity index (χ4n) is 2.58. The topological polar surface area (TPSA) is 89.4 Å². The van der Waals surface area contributed by atoms with Gasteiger partial charge in [0.25, 0.3) is 5.22 Å². The summed E-state index contributed by atoms with van der Waals surface area (Å²) < 4.78 is 36.7. The van der Waals surface area contributed by atoms with Crippen molar-refractivity contribution >= 4 is 32.9 Å². The first-order valence-electron chi connectivity index (χ1n) is 8.40. The number of fused-ring (bicyclic) bond motifs is 1. The van der Waals surface area contributed by atoms with Crippen LogP contribution >= 0.6 is 11.8 Å². The van der Waals surface area contributed by atoms with E-state index in [2.05, 4.69) is 10.1 Å². The van der Waals surface area contributed by atoms with E-state index < -0.39 is 10.0 Å². The highest BCUT2D eigenvalue weighted by molar-refractivity contribution is 7.98. The molecule has 0 spiro atoms. The van der Waals surface area contributed by atoms with Crippen molar-refractivity contribution in [3.05, 3.63) is 60.4 Å². The third kappa shape index (κ3) is 3.68. The van der Waals surface area contributed by atoms with E-state index in [4.69, 9.17) is 8.94 Å². The molecule has 0 unspecified atom stereocenters. The molecule has 0 bridgehead atoms. The molecule has 7 nitrogen and oxygen atoms in total. The van der Waals surface area contributed by atoms with Gasteiger partial charge in [-0.15, -0.1) is 0 Å². The van der Waals surface area contributed by atoms with Crippen molar-refractivity contribution < 1.29 is 17.4 Å². The maximum atomic E-state index is 12.3. The zero-order valence-electron chi connectivity index (χ0n) is 15.2. The van der Waals surface area contributed by atoms with Crippen LogP contribution in [0.1, 0.15) is 5.76 Å². The van der Waals surface area contributed by atoms with Crippen LogP contribution in [-0.2, 0) is 15.8 Å². The van der Waals surface area contributed by atoms with E-state index in [1.807, 2.05) is 36.4 Å². The van der Waals surface area contributed by atoms with Gasteiger partial charge in [0.1, 0.15) is 17.0 Å². The number of benzene rings is 2. The van der Waals surface area contributed by atoms with Crippen molar-refractivity contribution in [1.29, 1.82) is 0 Å². The van der Waals surface area contributed by atoms with Gasteiger partial charge in [0.15, 0.2) is 5.58 Å². The second-order valence-electron chi connectivity index (χ2n) is 6.23. The molecule has 2 aromatic carbocycles. The van der Waals surface area contributed by atoms with E-state index in [0.29, 0.717) is 27.8 Å². The predicted molar refractivity (Wildman–Crippen MR) is 106 cm³/mol. The van der Waals surface area contributed by atoms with E-state index in [-0.39, 0.29) is 4.90 Å². The summed E-state index contributed by atoms with van der Waals surface area (Å²) in [7, 11) is -0.535. The predicted octanol–water partition coefficient (Wildman–Crippen LogP) is 4.03. The van der Waals surface area contributed by atoms with Crippen molar-refractivity contribution in [3.63, 3.8) is 0 Å². The molecule has 0 N–H and O–H groups in total. The second kappa shape index (κ2) is 7.42. The Labute approximate surface area is 166 Å². The Morgan fingerprint density at radius 1 is 1.07 bits per heavy atom. The van der Waals surface area contributed by atoms with Gasteiger partial charge in [0.05, 0.1) is 10.6 Å². The molecule has 2 aromatic heterocycles. The minimum atomic E-state index is -3.52. The maximum Gasteiger partial charge on any atom is 0.257 e. The molecule has 28 heavy (non-hydrogen) atoms. The van der Waals surface area contributed by atoms with Crippen molar-refractivity contribution in [1.82, 2.24) is 14.4 Å². The quantitative estimate of drug-likeness (QED) is 0.439. The van der Waals surface area contributed by atoms with Gasteiger partial charge in [-0.25, -0.2) is 17.7 Å². The molecule has 0 amide bonds. The van der Waals surface area contributed by atoms with E-state index in [1.54, 1.807) is 6.07 Å². The smallest absolute Gasteiger partial charge is 0.257 e. The summed E-state index contributed by atoms with van der Waals surface area (Å²) in [5, 5.41) is 4.52. The summed E-state index contributed by atoms with van der Waals surface area (Å²) in [6.45, 7) is 0. The van der Waals surface area contributed by atoms with Gasteiger partial charge < -0.3 is 8.94 Å². The monoisotopic (exact) mass is 415 g/mol. The summed E-state index contributed by atoms with van der Waals surface area (Å²) >= 11 is 1.36. The van der Waals surface area contributed by atoms with Gasteiger partial charge in [-0.1, -0.05) is 47.3 Å². The minimum absolute atomic E-state index is 0.178. The number of nitrogens with zero attached hydrogens (tertiary/aromatic N) is 3. The molecule has 144 valence electrons. The largest absolute Gasteiger partial charge is 0.431 e. The fourth-order valence-corrected chi connectivity index (χ4v) is 4.21. The number of thioether (sulfide) groups is 1. The minimum Gasteiger partial charge on any atom is -0.431 e.